The van der Waals surface area contributed by atoms with E-state index in [1.165, 1.54) is 0 Å². The van der Waals surface area contributed by atoms with Crippen LogP contribution in [-0.2, 0) is 10.0 Å². The summed E-state index contributed by atoms with van der Waals surface area (Å²) in [5.74, 6) is 1.22. The molecule has 0 saturated heterocycles. The highest BCUT2D eigenvalue weighted by molar-refractivity contribution is 7.90. The second kappa shape index (κ2) is 7.25. The number of hydrogen-bond donors (Lipinski definition) is 2. The molecule has 2 aromatic rings. The van der Waals surface area contributed by atoms with Crippen LogP contribution in [0.2, 0.25) is 0 Å². The van der Waals surface area contributed by atoms with Crippen molar-refractivity contribution >= 4 is 15.9 Å². The lowest BCUT2D eigenvalue weighted by molar-refractivity contribution is 0.414. The summed E-state index contributed by atoms with van der Waals surface area (Å²) in [6, 6.07) is 14.5. The normalized spacial score (nSPS) is 17.7. The monoisotopic (exact) mass is 359 g/mol. The number of aliphatic imine (C=N–C) groups is 1. The van der Waals surface area contributed by atoms with E-state index >= 15 is 0 Å². The molecule has 25 heavy (non-hydrogen) atoms. The Bertz CT molecular complexity index is 859. The highest BCUT2D eigenvalue weighted by Gasteiger charge is 2.21. The number of nitrogens with zero attached hydrogens (tertiary/aromatic N) is 1. The third-order valence-electron chi connectivity index (χ3n) is 4.08. The van der Waals surface area contributed by atoms with Gasteiger partial charge in [0.2, 0.25) is 0 Å². The van der Waals surface area contributed by atoms with Crippen molar-refractivity contribution in [3.8, 4) is 5.75 Å². The molecule has 0 spiro atoms. The van der Waals surface area contributed by atoms with Crippen LogP contribution in [-0.4, -0.2) is 34.5 Å². The number of ether oxygens (including phenoxy) is 1. The van der Waals surface area contributed by atoms with Crippen LogP contribution in [0.5, 0.6) is 5.75 Å². The largest absolute Gasteiger partial charge is 0.497 e. The van der Waals surface area contributed by atoms with Gasteiger partial charge in [-0.3, -0.25) is 9.71 Å². The molecule has 1 heterocycles. The molecule has 0 aliphatic carbocycles. The molecule has 0 amide bonds. The van der Waals surface area contributed by atoms with E-state index in [1.807, 2.05) is 31.2 Å². The Morgan fingerprint density at radius 3 is 2.36 bits per heavy atom. The zero-order valence-corrected chi connectivity index (χ0v) is 15.0. The fourth-order valence-electron chi connectivity index (χ4n) is 2.60. The minimum Gasteiger partial charge on any atom is -0.497 e. The third kappa shape index (κ3) is 4.18. The number of methoxy groups -OCH3 is 1. The van der Waals surface area contributed by atoms with Crippen LogP contribution < -0.4 is 14.8 Å². The first-order valence-corrected chi connectivity index (χ1v) is 9.46. The first-order chi connectivity index (χ1) is 12.0. The Morgan fingerprint density at radius 1 is 1.12 bits per heavy atom. The summed E-state index contributed by atoms with van der Waals surface area (Å²) in [5.41, 5.74) is 2.10. The molecule has 0 saturated carbocycles. The lowest BCUT2D eigenvalue weighted by Gasteiger charge is -2.24. The molecule has 0 aromatic heterocycles. The summed E-state index contributed by atoms with van der Waals surface area (Å²) >= 11 is 0. The van der Waals surface area contributed by atoms with E-state index in [0.29, 0.717) is 18.9 Å². The molecule has 7 heteroatoms. The van der Waals surface area contributed by atoms with Crippen LogP contribution in [0.25, 0.3) is 0 Å². The molecule has 1 aliphatic rings. The first kappa shape index (κ1) is 17.4. The van der Waals surface area contributed by atoms with E-state index in [2.05, 4.69) is 15.0 Å². The van der Waals surface area contributed by atoms with Gasteiger partial charge in [-0.15, -0.1) is 0 Å². The van der Waals surface area contributed by atoms with Gasteiger partial charge in [0.15, 0.2) is 0 Å². The Hall–Kier alpha value is -2.38. The first-order valence-electron chi connectivity index (χ1n) is 7.98. The standard InChI is InChI=1S/C18H21N3O3S/c1-13-3-9-16(10-4-13)25(22,23)21-18-12-19-17(11-20-18)14-5-7-15(24-2)8-6-14/h3-10,17,19H,11-12H2,1-2H3,(H,20,21). The van der Waals surface area contributed by atoms with Gasteiger partial charge in [-0.1, -0.05) is 29.8 Å². The average molecular weight is 359 g/mol. The van der Waals surface area contributed by atoms with Crippen molar-refractivity contribution in [1.29, 1.82) is 0 Å². The van der Waals surface area contributed by atoms with Crippen LogP contribution in [0.15, 0.2) is 58.4 Å². The Balaban J connectivity index is 1.67. The topological polar surface area (TPSA) is 79.8 Å². The zero-order chi connectivity index (χ0) is 17.9. The van der Waals surface area contributed by atoms with Crippen molar-refractivity contribution in [2.45, 2.75) is 17.9 Å². The summed E-state index contributed by atoms with van der Waals surface area (Å²) in [6.45, 7) is 2.75. The Kier molecular flexibility index (Phi) is 5.06. The minimum absolute atomic E-state index is 0.0542. The van der Waals surface area contributed by atoms with Crippen LogP contribution in [0.1, 0.15) is 17.2 Å². The minimum atomic E-state index is -3.61. The Labute approximate surface area is 148 Å². The molecule has 0 bridgehead atoms. The van der Waals surface area contributed by atoms with E-state index in [1.54, 1.807) is 31.4 Å². The van der Waals surface area contributed by atoms with Gasteiger partial charge in [0, 0.05) is 0 Å². The second-order valence-corrected chi connectivity index (χ2v) is 7.59. The second-order valence-electron chi connectivity index (χ2n) is 5.91. The highest BCUT2D eigenvalue weighted by Crippen LogP contribution is 2.19. The molecule has 1 atom stereocenters. The van der Waals surface area contributed by atoms with E-state index < -0.39 is 10.0 Å². The number of hydrogen-bond acceptors (Lipinski definition) is 5. The van der Waals surface area contributed by atoms with E-state index in [0.717, 1.165) is 16.9 Å². The molecule has 2 aromatic carbocycles. The van der Waals surface area contributed by atoms with Crippen molar-refractivity contribution in [1.82, 2.24) is 10.0 Å². The van der Waals surface area contributed by atoms with Crippen LogP contribution in [0.3, 0.4) is 0 Å². The van der Waals surface area contributed by atoms with Gasteiger partial charge in [-0.05, 0) is 36.8 Å². The number of aryl methyl sites for hydroxylation is 1. The van der Waals surface area contributed by atoms with Crippen LogP contribution in [0.4, 0.5) is 0 Å². The summed E-state index contributed by atoms with van der Waals surface area (Å²) in [7, 11) is -1.98. The van der Waals surface area contributed by atoms with Gasteiger partial charge in [-0.2, -0.15) is 0 Å². The molecule has 132 valence electrons. The number of rotatable bonds is 4. The van der Waals surface area contributed by atoms with Gasteiger partial charge < -0.3 is 10.1 Å². The molecule has 0 fully saturated rings. The van der Waals surface area contributed by atoms with E-state index in [9.17, 15) is 8.42 Å². The molecule has 6 nitrogen and oxygen atoms in total. The van der Waals surface area contributed by atoms with Gasteiger partial charge in [0.25, 0.3) is 10.0 Å². The number of sulfonamides is 1. The van der Waals surface area contributed by atoms with E-state index in [4.69, 9.17) is 4.74 Å². The summed E-state index contributed by atoms with van der Waals surface area (Å²) in [6.07, 6.45) is 0. The van der Waals surface area contributed by atoms with E-state index in [-0.39, 0.29) is 10.9 Å². The summed E-state index contributed by atoms with van der Waals surface area (Å²) in [4.78, 5) is 4.63. The third-order valence-corrected chi connectivity index (χ3v) is 5.48. The van der Waals surface area contributed by atoms with Crippen LogP contribution >= 0.6 is 0 Å². The maximum absolute atomic E-state index is 12.4. The predicted molar refractivity (Wildman–Crippen MR) is 97.5 cm³/mol. The SMILES string of the molecule is COc1ccc(C2CN=C(NS(=O)(=O)c3ccc(C)cc3)CN2)cc1. The van der Waals surface area contributed by atoms with Crippen LogP contribution in [0, 0.1) is 6.92 Å². The fourth-order valence-corrected chi connectivity index (χ4v) is 3.66. The highest BCUT2D eigenvalue weighted by atomic mass is 32.2. The summed E-state index contributed by atoms with van der Waals surface area (Å²) in [5, 5.41) is 3.31. The average Bonchev–Trinajstić information content (AvgIpc) is 2.62. The summed E-state index contributed by atoms with van der Waals surface area (Å²) < 4.78 is 32.5. The zero-order valence-electron chi connectivity index (χ0n) is 14.2. The smallest absolute Gasteiger partial charge is 0.262 e. The molecular formula is C18H21N3O3S. The predicted octanol–water partition coefficient (Wildman–Crippen LogP) is 2.02. The molecule has 1 aliphatic heterocycles. The lowest BCUT2D eigenvalue weighted by atomic mass is 10.1. The van der Waals surface area contributed by atoms with Gasteiger partial charge in [-0.25, -0.2) is 8.42 Å². The lowest BCUT2D eigenvalue weighted by Crippen LogP contribution is -2.43. The number of benzene rings is 2. The van der Waals surface area contributed by atoms with Crippen molar-refractivity contribution in [3.63, 3.8) is 0 Å². The van der Waals surface area contributed by atoms with Gasteiger partial charge in [0.05, 0.1) is 31.1 Å². The molecule has 3 rings (SSSR count). The fraction of sp³-hybridized carbons (Fsp3) is 0.278. The maximum atomic E-state index is 12.4. The molecule has 1 unspecified atom stereocenters. The van der Waals surface area contributed by atoms with Crippen molar-refractivity contribution in [2.24, 2.45) is 4.99 Å². The quantitative estimate of drug-likeness (QED) is 0.875. The van der Waals surface area contributed by atoms with Gasteiger partial charge >= 0.3 is 0 Å². The van der Waals surface area contributed by atoms with Crippen molar-refractivity contribution < 1.29 is 13.2 Å². The molecule has 2 N–H and O–H groups in total. The Morgan fingerprint density at radius 2 is 1.80 bits per heavy atom. The molecular weight excluding hydrogens is 338 g/mol. The maximum Gasteiger partial charge on any atom is 0.262 e. The van der Waals surface area contributed by atoms with Gasteiger partial charge in [0.1, 0.15) is 11.6 Å². The number of amidine groups is 1. The molecule has 0 radical (unpaired) electrons. The van der Waals surface area contributed by atoms with Crippen molar-refractivity contribution in [3.05, 3.63) is 59.7 Å². The number of nitrogens with one attached hydrogen (secondary N) is 2. The van der Waals surface area contributed by atoms with Crippen molar-refractivity contribution in [2.75, 3.05) is 20.2 Å².